The van der Waals surface area contributed by atoms with Crippen LogP contribution in [-0.2, 0) is 0 Å². The van der Waals surface area contributed by atoms with Gasteiger partial charge in [-0.05, 0) is 62.4 Å². The third-order valence-electron chi connectivity index (χ3n) is 4.27. The topological polar surface area (TPSA) is 3.24 Å². The van der Waals surface area contributed by atoms with Gasteiger partial charge in [-0.25, -0.2) is 0 Å². The molecular formula is C14H27N. The molecule has 1 saturated heterocycles. The van der Waals surface area contributed by atoms with Crippen LogP contribution in [0.4, 0.5) is 0 Å². The Morgan fingerprint density at radius 1 is 1.27 bits per heavy atom. The number of piperidine rings is 1. The standard InChI is InChI=1S/C14H27N/c1-13(2,3)11-14(7-8-14)12-6-5-9-15(4)10-12/h12H,5-11H2,1-4H3. The Bertz CT molecular complexity index is 222. The predicted molar refractivity (Wildman–Crippen MR) is 66.0 cm³/mol. The molecule has 88 valence electrons. The van der Waals surface area contributed by atoms with Crippen LogP contribution in [0.5, 0.6) is 0 Å². The van der Waals surface area contributed by atoms with Crippen molar-refractivity contribution in [1.82, 2.24) is 4.90 Å². The smallest absolute Gasteiger partial charge is 0.00119 e. The average molecular weight is 209 g/mol. The first kappa shape index (κ1) is 11.4. The molecule has 1 heteroatoms. The highest BCUT2D eigenvalue weighted by Gasteiger charge is 2.51. The van der Waals surface area contributed by atoms with Crippen molar-refractivity contribution in [2.45, 2.75) is 52.9 Å². The highest BCUT2D eigenvalue weighted by molar-refractivity contribution is 5.02. The van der Waals surface area contributed by atoms with Gasteiger partial charge in [-0.1, -0.05) is 20.8 Å². The van der Waals surface area contributed by atoms with Crippen LogP contribution in [0, 0.1) is 16.7 Å². The van der Waals surface area contributed by atoms with Crippen LogP contribution >= 0.6 is 0 Å². The lowest BCUT2D eigenvalue weighted by molar-refractivity contribution is 0.113. The Hall–Kier alpha value is -0.0400. The van der Waals surface area contributed by atoms with Crippen LogP contribution in [0.3, 0.4) is 0 Å². The Balaban J connectivity index is 1.97. The van der Waals surface area contributed by atoms with Gasteiger partial charge in [0.25, 0.3) is 0 Å². The second-order valence-corrected chi connectivity index (χ2v) is 7.20. The molecule has 0 aromatic carbocycles. The van der Waals surface area contributed by atoms with E-state index in [1.807, 2.05) is 0 Å². The molecule has 1 unspecified atom stereocenters. The minimum absolute atomic E-state index is 0.520. The number of likely N-dealkylation sites (tertiary alicyclic amines) is 1. The van der Waals surface area contributed by atoms with Crippen LogP contribution < -0.4 is 0 Å². The van der Waals surface area contributed by atoms with Crippen LogP contribution in [0.15, 0.2) is 0 Å². The maximum absolute atomic E-state index is 2.54. The Labute approximate surface area is 95.2 Å². The molecule has 0 bridgehead atoms. The summed E-state index contributed by atoms with van der Waals surface area (Å²) in [4.78, 5) is 2.54. The fourth-order valence-corrected chi connectivity index (χ4v) is 3.61. The van der Waals surface area contributed by atoms with Crippen molar-refractivity contribution < 1.29 is 0 Å². The monoisotopic (exact) mass is 209 g/mol. The Morgan fingerprint density at radius 3 is 2.40 bits per heavy atom. The Kier molecular flexibility index (Phi) is 2.87. The minimum Gasteiger partial charge on any atom is -0.306 e. The summed E-state index contributed by atoms with van der Waals surface area (Å²) >= 11 is 0. The predicted octanol–water partition coefficient (Wildman–Crippen LogP) is 3.54. The maximum atomic E-state index is 2.54. The zero-order chi connectivity index (χ0) is 11.1. The van der Waals surface area contributed by atoms with Crippen molar-refractivity contribution >= 4 is 0 Å². The molecule has 1 aliphatic carbocycles. The van der Waals surface area contributed by atoms with Gasteiger partial charge in [0.15, 0.2) is 0 Å². The van der Waals surface area contributed by atoms with E-state index in [9.17, 15) is 0 Å². The maximum Gasteiger partial charge on any atom is 0.00119 e. The van der Waals surface area contributed by atoms with E-state index in [0.29, 0.717) is 5.41 Å². The summed E-state index contributed by atoms with van der Waals surface area (Å²) in [5.74, 6) is 0.996. The molecule has 1 saturated carbocycles. The summed E-state index contributed by atoms with van der Waals surface area (Å²) in [5.41, 5.74) is 1.26. The van der Waals surface area contributed by atoms with Crippen LogP contribution in [0.25, 0.3) is 0 Å². The first-order valence-electron chi connectivity index (χ1n) is 6.60. The van der Waals surface area contributed by atoms with Crippen LogP contribution in [0.1, 0.15) is 52.9 Å². The summed E-state index contributed by atoms with van der Waals surface area (Å²) < 4.78 is 0. The number of hydrogen-bond donors (Lipinski definition) is 0. The SMILES string of the molecule is CN1CCCC(C2(CC(C)(C)C)CC2)C1. The van der Waals surface area contributed by atoms with Gasteiger partial charge in [-0.15, -0.1) is 0 Å². The molecule has 0 radical (unpaired) electrons. The Morgan fingerprint density at radius 2 is 1.93 bits per heavy atom. The van der Waals surface area contributed by atoms with Crippen molar-refractivity contribution in [2.24, 2.45) is 16.7 Å². The number of nitrogens with zero attached hydrogens (tertiary/aromatic N) is 1. The van der Waals surface area contributed by atoms with Crippen LogP contribution in [-0.4, -0.2) is 25.0 Å². The minimum atomic E-state index is 0.520. The summed E-state index contributed by atoms with van der Waals surface area (Å²) in [5, 5.41) is 0. The first-order chi connectivity index (χ1) is 6.91. The second kappa shape index (κ2) is 3.76. The highest BCUT2D eigenvalue weighted by Crippen LogP contribution is 2.60. The fraction of sp³-hybridized carbons (Fsp3) is 1.00. The van der Waals surface area contributed by atoms with E-state index in [2.05, 4.69) is 32.7 Å². The third kappa shape index (κ3) is 2.75. The van der Waals surface area contributed by atoms with E-state index in [1.54, 1.807) is 0 Å². The molecule has 0 N–H and O–H groups in total. The molecule has 1 aliphatic heterocycles. The molecule has 0 aromatic rings. The van der Waals surface area contributed by atoms with E-state index in [0.717, 1.165) is 11.3 Å². The fourth-order valence-electron chi connectivity index (χ4n) is 3.61. The van der Waals surface area contributed by atoms with Gasteiger partial charge in [0.05, 0.1) is 0 Å². The van der Waals surface area contributed by atoms with E-state index >= 15 is 0 Å². The summed E-state index contributed by atoms with van der Waals surface area (Å²) in [6.07, 6.45) is 7.36. The van der Waals surface area contributed by atoms with E-state index in [1.165, 1.54) is 45.2 Å². The average Bonchev–Trinajstić information content (AvgIpc) is 2.83. The van der Waals surface area contributed by atoms with Gasteiger partial charge < -0.3 is 4.90 Å². The van der Waals surface area contributed by atoms with Crippen molar-refractivity contribution in [3.8, 4) is 0 Å². The lowest BCUT2D eigenvalue weighted by Gasteiger charge is -2.38. The largest absolute Gasteiger partial charge is 0.306 e. The van der Waals surface area contributed by atoms with Crippen molar-refractivity contribution in [1.29, 1.82) is 0 Å². The molecular weight excluding hydrogens is 182 g/mol. The zero-order valence-corrected chi connectivity index (χ0v) is 11.0. The molecule has 0 aromatic heterocycles. The van der Waals surface area contributed by atoms with Gasteiger partial charge in [0.1, 0.15) is 0 Å². The van der Waals surface area contributed by atoms with E-state index < -0.39 is 0 Å². The highest BCUT2D eigenvalue weighted by atomic mass is 15.1. The summed E-state index contributed by atoms with van der Waals surface area (Å²) in [6.45, 7) is 9.89. The van der Waals surface area contributed by atoms with Crippen molar-refractivity contribution in [2.75, 3.05) is 20.1 Å². The van der Waals surface area contributed by atoms with Gasteiger partial charge in [0, 0.05) is 6.54 Å². The van der Waals surface area contributed by atoms with Gasteiger partial charge in [-0.3, -0.25) is 0 Å². The van der Waals surface area contributed by atoms with Crippen LogP contribution in [0.2, 0.25) is 0 Å². The van der Waals surface area contributed by atoms with Gasteiger partial charge in [0.2, 0.25) is 0 Å². The quantitative estimate of drug-likeness (QED) is 0.672. The zero-order valence-electron chi connectivity index (χ0n) is 11.0. The lowest BCUT2D eigenvalue weighted by Crippen LogP contribution is -2.37. The van der Waals surface area contributed by atoms with Crippen molar-refractivity contribution in [3.05, 3.63) is 0 Å². The summed E-state index contributed by atoms with van der Waals surface area (Å²) in [6, 6.07) is 0. The molecule has 1 heterocycles. The second-order valence-electron chi connectivity index (χ2n) is 7.20. The molecule has 2 fully saturated rings. The van der Waals surface area contributed by atoms with Gasteiger partial charge in [-0.2, -0.15) is 0 Å². The molecule has 0 amide bonds. The lowest BCUT2D eigenvalue weighted by atomic mass is 9.73. The molecule has 2 rings (SSSR count). The molecule has 1 nitrogen and oxygen atoms in total. The normalized spacial score (nSPS) is 31.6. The molecule has 15 heavy (non-hydrogen) atoms. The number of rotatable bonds is 2. The first-order valence-corrected chi connectivity index (χ1v) is 6.60. The van der Waals surface area contributed by atoms with E-state index in [-0.39, 0.29) is 0 Å². The molecule has 1 atom stereocenters. The third-order valence-corrected chi connectivity index (χ3v) is 4.27. The van der Waals surface area contributed by atoms with Crippen molar-refractivity contribution in [3.63, 3.8) is 0 Å². The molecule has 0 spiro atoms. The molecule has 2 aliphatic rings. The number of hydrogen-bond acceptors (Lipinski definition) is 1. The van der Waals surface area contributed by atoms with E-state index in [4.69, 9.17) is 0 Å². The van der Waals surface area contributed by atoms with Gasteiger partial charge >= 0.3 is 0 Å². The summed E-state index contributed by atoms with van der Waals surface area (Å²) in [7, 11) is 2.29.